The van der Waals surface area contributed by atoms with Crippen LogP contribution in [0.4, 0.5) is 11.5 Å². The summed E-state index contributed by atoms with van der Waals surface area (Å²) in [5.41, 5.74) is 10.1. The number of hydrogen-bond donors (Lipinski definition) is 2. The smallest absolute Gasteiger partial charge is 0.127 e. The van der Waals surface area contributed by atoms with Crippen LogP contribution in [0.2, 0.25) is 0 Å². The van der Waals surface area contributed by atoms with E-state index in [0.29, 0.717) is 0 Å². The molecule has 1 heterocycles. The minimum absolute atomic E-state index is 0.236. The van der Waals surface area contributed by atoms with Crippen molar-refractivity contribution in [1.82, 2.24) is 4.98 Å². The van der Waals surface area contributed by atoms with Crippen LogP contribution < -0.4 is 15.8 Å². The zero-order valence-electron chi connectivity index (χ0n) is 13.0. The van der Waals surface area contributed by atoms with Gasteiger partial charge in [0.25, 0.3) is 0 Å². The molecule has 0 spiro atoms. The van der Waals surface area contributed by atoms with E-state index in [1.165, 1.54) is 11.1 Å². The highest BCUT2D eigenvalue weighted by Crippen LogP contribution is 2.39. The van der Waals surface area contributed by atoms with Crippen LogP contribution >= 0.6 is 0 Å². The van der Waals surface area contributed by atoms with Gasteiger partial charge in [-0.25, -0.2) is 4.98 Å². The second-order valence-electron chi connectivity index (χ2n) is 5.92. The summed E-state index contributed by atoms with van der Waals surface area (Å²) in [6.07, 6.45) is 2.12. The van der Waals surface area contributed by atoms with Crippen molar-refractivity contribution >= 4 is 22.4 Å². The van der Waals surface area contributed by atoms with Crippen LogP contribution in [-0.2, 0) is 6.42 Å². The van der Waals surface area contributed by atoms with Gasteiger partial charge < -0.3 is 15.8 Å². The van der Waals surface area contributed by atoms with Crippen LogP contribution in [-0.4, -0.2) is 12.1 Å². The number of aromatic nitrogens is 1. The van der Waals surface area contributed by atoms with Crippen molar-refractivity contribution in [3.63, 3.8) is 0 Å². The number of nitrogens with two attached hydrogens (primary N) is 1. The topological polar surface area (TPSA) is 60.2 Å². The maximum Gasteiger partial charge on any atom is 0.127 e. The van der Waals surface area contributed by atoms with E-state index in [4.69, 9.17) is 15.5 Å². The number of aryl methyl sites for hydroxylation is 1. The van der Waals surface area contributed by atoms with Crippen molar-refractivity contribution < 1.29 is 4.74 Å². The summed E-state index contributed by atoms with van der Waals surface area (Å²) in [4.78, 5) is 4.70. The number of rotatable bonds is 3. The highest BCUT2D eigenvalue weighted by Gasteiger charge is 2.26. The summed E-state index contributed by atoms with van der Waals surface area (Å²) in [5, 5.41) is 4.61. The van der Waals surface area contributed by atoms with Crippen molar-refractivity contribution in [2.24, 2.45) is 0 Å². The van der Waals surface area contributed by atoms with Crippen LogP contribution in [0.3, 0.4) is 0 Å². The van der Waals surface area contributed by atoms with Crippen LogP contribution in [0.15, 0.2) is 48.5 Å². The third-order valence-corrected chi connectivity index (χ3v) is 4.46. The lowest BCUT2D eigenvalue weighted by molar-refractivity contribution is 0.408. The molecule has 4 rings (SSSR count). The molecule has 2 aromatic carbocycles. The second kappa shape index (κ2) is 5.47. The number of benzene rings is 2. The highest BCUT2D eigenvalue weighted by atomic mass is 16.5. The zero-order chi connectivity index (χ0) is 15.8. The molecule has 0 aliphatic heterocycles. The third-order valence-electron chi connectivity index (χ3n) is 4.46. The molecule has 0 bridgehead atoms. The molecule has 4 heteroatoms. The Bertz CT molecular complexity index is 876. The fraction of sp³-hybridized carbons (Fsp3) is 0.211. The minimum Gasteiger partial charge on any atom is -0.496 e. The summed E-state index contributed by atoms with van der Waals surface area (Å²) < 4.78 is 5.53. The first-order valence-corrected chi connectivity index (χ1v) is 7.83. The van der Waals surface area contributed by atoms with Gasteiger partial charge in [-0.15, -0.1) is 0 Å². The number of ether oxygens (including phenoxy) is 1. The average molecular weight is 305 g/mol. The fourth-order valence-corrected chi connectivity index (χ4v) is 3.37. The van der Waals surface area contributed by atoms with E-state index in [1.54, 1.807) is 7.11 Å². The first-order valence-electron chi connectivity index (χ1n) is 7.83. The molecule has 0 amide bonds. The standard InChI is InChI=1S/C19H19N3O/c1-23-17-4-2-3-12-5-8-16(19(12)17)22-18-10-6-13-11-14(20)7-9-15(13)21-18/h2-4,6-7,9-11,16H,5,8,20H2,1H3,(H,21,22). The molecule has 0 saturated heterocycles. The molecule has 23 heavy (non-hydrogen) atoms. The van der Waals surface area contributed by atoms with Crippen molar-refractivity contribution in [2.45, 2.75) is 18.9 Å². The molecular weight excluding hydrogens is 286 g/mol. The van der Waals surface area contributed by atoms with Gasteiger partial charge in [0.2, 0.25) is 0 Å². The van der Waals surface area contributed by atoms with Gasteiger partial charge >= 0.3 is 0 Å². The SMILES string of the molecule is COc1cccc2c1C(Nc1ccc3cc(N)ccc3n1)CC2. The molecule has 1 atom stereocenters. The van der Waals surface area contributed by atoms with E-state index in [-0.39, 0.29) is 6.04 Å². The summed E-state index contributed by atoms with van der Waals surface area (Å²) in [7, 11) is 1.73. The third kappa shape index (κ3) is 2.46. The van der Waals surface area contributed by atoms with E-state index in [0.717, 1.165) is 41.0 Å². The van der Waals surface area contributed by atoms with Crippen molar-refractivity contribution in [3.05, 3.63) is 59.7 Å². The van der Waals surface area contributed by atoms with E-state index in [9.17, 15) is 0 Å². The van der Waals surface area contributed by atoms with Gasteiger partial charge in [-0.3, -0.25) is 0 Å². The molecule has 1 aliphatic rings. The lowest BCUT2D eigenvalue weighted by Crippen LogP contribution is -2.09. The van der Waals surface area contributed by atoms with Gasteiger partial charge in [-0.05, 0) is 54.8 Å². The molecular formula is C19H19N3O. The van der Waals surface area contributed by atoms with Crippen LogP contribution in [0.5, 0.6) is 5.75 Å². The second-order valence-corrected chi connectivity index (χ2v) is 5.92. The quantitative estimate of drug-likeness (QED) is 0.720. The Morgan fingerprint density at radius 2 is 2.09 bits per heavy atom. The first kappa shape index (κ1) is 13.9. The maximum absolute atomic E-state index is 5.82. The van der Waals surface area contributed by atoms with Gasteiger partial charge in [0.1, 0.15) is 11.6 Å². The Balaban J connectivity index is 1.67. The summed E-state index contributed by atoms with van der Waals surface area (Å²) in [5.74, 6) is 1.83. The number of nitrogens with zero attached hydrogens (tertiary/aromatic N) is 1. The molecule has 1 aromatic heterocycles. The monoisotopic (exact) mass is 305 g/mol. The molecule has 0 radical (unpaired) electrons. The lowest BCUT2D eigenvalue weighted by atomic mass is 10.1. The van der Waals surface area contributed by atoms with Gasteiger partial charge in [-0.1, -0.05) is 12.1 Å². The Hall–Kier alpha value is -2.75. The van der Waals surface area contributed by atoms with E-state index >= 15 is 0 Å². The summed E-state index contributed by atoms with van der Waals surface area (Å²) in [6, 6.07) is 16.3. The molecule has 3 aromatic rings. The average Bonchev–Trinajstić information content (AvgIpc) is 2.98. The normalized spacial score (nSPS) is 16.3. The highest BCUT2D eigenvalue weighted by molar-refractivity contribution is 5.83. The van der Waals surface area contributed by atoms with Gasteiger partial charge in [0.05, 0.1) is 18.7 Å². The number of methoxy groups -OCH3 is 1. The molecule has 1 aliphatic carbocycles. The van der Waals surface area contributed by atoms with Crippen LogP contribution in [0.1, 0.15) is 23.6 Å². The Morgan fingerprint density at radius 3 is 2.96 bits per heavy atom. The number of hydrogen-bond acceptors (Lipinski definition) is 4. The van der Waals surface area contributed by atoms with Crippen molar-refractivity contribution in [1.29, 1.82) is 0 Å². The van der Waals surface area contributed by atoms with Gasteiger partial charge in [0, 0.05) is 16.6 Å². The number of nitrogens with one attached hydrogen (secondary N) is 1. The minimum atomic E-state index is 0.236. The summed E-state index contributed by atoms with van der Waals surface area (Å²) in [6.45, 7) is 0. The summed E-state index contributed by atoms with van der Waals surface area (Å²) >= 11 is 0. The molecule has 0 saturated carbocycles. The van der Waals surface area contributed by atoms with E-state index < -0.39 is 0 Å². The number of nitrogen functional groups attached to an aromatic ring is 1. The molecule has 4 nitrogen and oxygen atoms in total. The van der Waals surface area contributed by atoms with Gasteiger partial charge in [0.15, 0.2) is 0 Å². The predicted molar refractivity (Wildman–Crippen MR) is 93.8 cm³/mol. The Morgan fingerprint density at radius 1 is 1.17 bits per heavy atom. The van der Waals surface area contributed by atoms with E-state index in [2.05, 4.69) is 23.5 Å². The lowest BCUT2D eigenvalue weighted by Gasteiger charge is -2.17. The predicted octanol–water partition coefficient (Wildman–Crippen LogP) is 3.93. The Labute approximate surface area is 135 Å². The van der Waals surface area contributed by atoms with E-state index in [1.807, 2.05) is 30.3 Å². The Kier molecular flexibility index (Phi) is 3.30. The fourth-order valence-electron chi connectivity index (χ4n) is 3.37. The van der Waals surface area contributed by atoms with Gasteiger partial charge in [-0.2, -0.15) is 0 Å². The molecule has 116 valence electrons. The number of anilines is 2. The maximum atomic E-state index is 5.82. The van der Waals surface area contributed by atoms with Crippen LogP contribution in [0, 0.1) is 0 Å². The number of fused-ring (bicyclic) bond motifs is 2. The zero-order valence-corrected chi connectivity index (χ0v) is 13.0. The van der Waals surface area contributed by atoms with Crippen LogP contribution in [0.25, 0.3) is 10.9 Å². The number of pyridine rings is 1. The molecule has 3 N–H and O–H groups in total. The molecule has 1 unspecified atom stereocenters. The first-order chi connectivity index (χ1) is 11.2. The van der Waals surface area contributed by atoms with Crippen molar-refractivity contribution in [3.8, 4) is 5.75 Å². The van der Waals surface area contributed by atoms with Crippen molar-refractivity contribution in [2.75, 3.05) is 18.2 Å². The largest absolute Gasteiger partial charge is 0.496 e. The molecule has 0 fully saturated rings.